The molecule has 1 aliphatic rings. The second-order valence-electron chi connectivity index (χ2n) is 7.14. The molecule has 1 atom stereocenters. The zero-order valence-electron chi connectivity index (χ0n) is 15.3. The highest BCUT2D eigenvalue weighted by Gasteiger charge is 2.58. The van der Waals surface area contributed by atoms with Crippen LogP contribution >= 0.6 is 27.3 Å². The van der Waals surface area contributed by atoms with Gasteiger partial charge in [-0.05, 0) is 28.9 Å². The fourth-order valence-electron chi connectivity index (χ4n) is 3.59. The number of amides is 1. The van der Waals surface area contributed by atoms with Gasteiger partial charge >= 0.3 is 6.18 Å². The molecule has 0 saturated carbocycles. The van der Waals surface area contributed by atoms with Crippen molar-refractivity contribution in [3.63, 3.8) is 0 Å². The number of thiazole rings is 1. The number of carbonyl (C=O) groups excluding carboxylic acids is 1. The number of aryl methyl sites for hydroxylation is 1. The van der Waals surface area contributed by atoms with Crippen LogP contribution in [-0.2, 0) is 23.4 Å². The first kappa shape index (κ1) is 20.4. The van der Waals surface area contributed by atoms with E-state index in [1.54, 1.807) is 6.92 Å². The first-order valence-corrected chi connectivity index (χ1v) is 10.5. The van der Waals surface area contributed by atoms with Crippen LogP contribution in [0.5, 0.6) is 0 Å². The maximum absolute atomic E-state index is 13.7. The highest BCUT2D eigenvalue weighted by atomic mass is 79.9. The molecule has 10 heteroatoms. The summed E-state index contributed by atoms with van der Waals surface area (Å²) in [6.45, 7) is 2.01. The van der Waals surface area contributed by atoms with Crippen molar-refractivity contribution in [2.75, 3.05) is 6.54 Å². The molecule has 1 unspecified atom stereocenters. The number of benzene rings is 1. The number of carbonyl (C=O) groups is 1. The number of para-hydroxylation sites is 1. The SMILES string of the molecule is Cc1csc(C(O)(CC(=O)N2CCc3[nH]c4c(Br)cccc4c3C2)C(F)(F)F)n1. The molecule has 0 aliphatic carbocycles. The van der Waals surface area contributed by atoms with Crippen molar-refractivity contribution in [1.82, 2.24) is 14.9 Å². The van der Waals surface area contributed by atoms with Gasteiger partial charge in [0.1, 0.15) is 5.01 Å². The number of alkyl halides is 3. The maximum atomic E-state index is 13.7. The van der Waals surface area contributed by atoms with Crippen molar-refractivity contribution in [3.05, 3.63) is 50.0 Å². The molecule has 1 aromatic carbocycles. The summed E-state index contributed by atoms with van der Waals surface area (Å²) >= 11 is 4.18. The van der Waals surface area contributed by atoms with Crippen LogP contribution in [0.1, 0.15) is 28.4 Å². The number of aromatic amines is 1. The van der Waals surface area contributed by atoms with Crippen molar-refractivity contribution in [2.45, 2.75) is 38.1 Å². The second kappa shape index (κ2) is 7.10. The second-order valence-corrected chi connectivity index (χ2v) is 8.85. The smallest absolute Gasteiger partial charge is 0.374 e. The molecule has 2 N–H and O–H groups in total. The van der Waals surface area contributed by atoms with Gasteiger partial charge in [-0.3, -0.25) is 4.79 Å². The molecule has 5 nitrogen and oxygen atoms in total. The van der Waals surface area contributed by atoms with Crippen LogP contribution in [0.4, 0.5) is 13.2 Å². The summed E-state index contributed by atoms with van der Waals surface area (Å²) in [7, 11) is 0. The van der Waals surface area contributed by atoms with Gasteiger partial charge in [0.15, 0.2) is 0 Å². The Kier molecular flexibility index (Phi) is 4.99. The van der Waals surface area contributed by atoms with Crippen LogP contribution < -0.4 is 0 Å². The van der Waals surface area contributed by atoms with E-state index >= 15 is 0 Å². The number of hydrogen-bond donors (Lipinski definition) is 2. The van der Waals surface area contributed by atoms with E-state index in [2.05, 4.69) is 25.9 Å². The van der Waals surface area contributed by atoms with Gasteiger partial charge in [0.2, 0.25) is 11.5 Å². The molecule has 4 rings (SSSR count). The van der Waals surface area contributed by atoms with Gasteiger partial charge in [-0.2, -0.15) is 13.2 Å². The Bertz CT molecular complexity index is 1090. The van der Waals surface area contributed by atoms with Crippen LogP contribution in [0.3, 0.4) is 0 Å². The number of aliphatic hydroxyl groups is 1. The number of nitrogens with zero attached hydrogens (tertiary/aromatic N) is 2. The van der Waals surface area contributed by atoms with Gasteiger partial charge in [0, 0.05) is 51.7 Å². The van der Waals surface area contributed by atoms with Crippen LogP contribution in [-0.4, -0.2) is 38.6 Å². The monoisotopic (exact) mass is 487 g/mol. The van der Waals surface area contributed by atoms with Crippen LogP contribution in [0.15, 0.2) is 28.1 Å². The van der Waals surface area contributed by atoms with E-state index in [1.165, 1.54) is 10.3 Å². The van der Waals surface area contributed by atoms with Gasteiger partial charge < -0.3 is 15.0 Å². The summed E-state index contributed by atoms with van der Waals surface area (Å²) in [6, 6.07) is 5.68. The number of H-pyrrole nitrogens is 1. The Labute approximate surface area is 176 Å². The first-order chi connectivity index (χ1) is 13.6. The van der Waals surface area contributed by atoms with Crippen molar-refractivity contribution in [2.24, 2.45) is 0 Å². The molecule has 154 valence electrons. The number of rotatable bonds is 3. The fraction of sp³-hybridized carbons (Fsp3) is 0.368. The lowest BCUT2D eigenvalue weighted by molar-refractivity contribution is -0.268. The molecule has 0 fully saturated rings. The Morgan fingerprint density at radius 3 is 2.83 bits per heavy atom. The number of halogens is 4. The normalized spacial score (nSPS) is 16.7. The minimum Gasteiger partial charge on any atom is -0.374 e. The van der Waals surface area contributed by atoms with Gasteiger partial charge in [-0.25, -0.2) is 4.98 Å². The summed E-state index contributed by atoms with van der Waals surface area (Å²) in [5.74, 6) is -0.757. The third kappa shape index (κ3) is 3.47. The Morgan fingerprint density at radius 2 is 2.17 bits per heavy atom. The minimum absolute atomic E-state index is 0.190. The molecule has 3 heterocycles. The van der Waals surface area contributed by atoms with Crippen molar-refractivity contribution in [1.29, 1.82) is 0 Å². The van der Waals surface area contributed by atoms with Gasteiger partial charge in [0.05, 0.1) is 11.9 Å². The van der Waals surface area contributed by atoms with E-state index in [1.807, 2.05) is 18.2 Å². The van der Waals surface area contributed by atoms with Gasteiger partial charge in [-0.15, -0.1) is 11.3 Å². The number of fused-ring (bicyclic) bond motifs is 3. The molecule has 2 aromatic heterocycles. The summed E-state index contributed by atoms with van der Waals surface area (Å²) in [6.07, 6.45) is -5.60. The zero-order valence-corrected chi connectivity index (χ0v) is 17.7. The standard InChI is InChI=1S/C19H17BrF3N3O2S/c1-10-9-29-17(24-10)18(28,19(21,22)23)7-15(27)26-6-5-14-12(8-26)11-3-2-4-13(20)16(11)25-14/h2-4,9,25,28H,5-8H2,1H3. The first-order valence-electron chi connectivity index (χ1n) is 8.87. The number of hydrogen-bond acceptors (Lipinski definition) is 4. The number of aromatic nitrogens is 2. The molecule has 29 heavy (non-hydrogen) atoms. The predicted octanol–water partition coefficient (Wildman–Crippen LogP) is 4.42. The Hall–Kier alpha value is -1.91. The van der Waals surface area contributed by atoms with Gasteiger partial charge in [0.25, 0.3) is 0 Å². The van der Waals surface area contributed by atoms with E-state index in [4.69, 9.17) is 0 Å². The molecular formula is C19H17BrF3N3O2S. The van der Waals surface area contributed by atoms with Crippen LogP contribution in [0, 0.1) is 6.92 Å². The largest absolute Gasteiger partial charge is 0.424 e. The third-order valence-corrected chi connectivity index (χ3v) is 6.93. The molecule has 1 aliphatic heterocycles. The van der Waals surface area contributed by atoms with Crippen LogP contribution in [0.25, 0.3) is 10.9 Å². The Morgan fingerprint density at radius 1 is 1.41 bits per heavy atom. The van der Waals surface area contributed by atoms with E-state index in [-0.39, 0.29) is 13.1 Å². The third-order valence-electron chi connectivity index (χ3n) is 5.16. The highest BCUT2D eigenvalue weighted by molar-refractivity contribution is 9.10. The lowest BCUT2D eigenvalue weighted by Gasteiger charge is -2.32. The minimum atomic E-state index is -5.01. The molecule has 0 spiro atoms. The summed E-state index contributed by atoms with van der Waals surface area (Å²) in [5, 5.41) is 12.3. The maximum Gasteiger partial charge on any atom is 0.424 e. The molecular weight excluding hydrogens is 471 g/mol. The highest BCUT2D eigenvalue weighted by Crippen LogP contribution is 2.43. The van der Waals surface area contributed by atoms with E-state index in [9.17, 15) is 23.1 Å². The quantitative estimate of drug-likeness (QED) is 0.574. The lowest BCUT2D eigenvalue weighted by Crippen LogP contribution is -2.47. The van der Waals surface area contributed by atoms with Crippen molar-refractivity contribution < 1.29 is 23.1 Å². The molecule has 0 radical (unpaired) electrons. The molecule has 1 amide bonds. The van der Waals surface area contributed by atoms with Crippen molar-refractivity contribution >= 4 is 44.1 Å². The van der Waals surface area contributed by atoms with E-state index < -0.39 is 29.1 Å². The molecule has 0 saturated heterocycles. The molecule has 3 aromatic rings. The lowest BCUT2D eigenvalue weighted by atomic mass is 9.97. The van der Waals surface area contributed by atoms with Crippen molar-refractivity contribution in [3.8, 4) is 0 Å². The molecule has 0 bridgehead atoms. The summed E-state index contributed by atoms with van der Waals surface area (Å²) in [5.41, 5.74) is -0.171. The fourth-order valence-corrected chi connectivity index (χ4v) is 4.97. The average Bonchev–Trinajstić information content (AvgIpc) is 3.25. The van der Waals surface area contributed by atoms with Gasteiger partial charge in [-0.1, -0.05) is 12.1 Å². The van der Waals surface area contributed by atoms with Crippen LogP contribution in [0.2, 0.25) is 0 Å². The predicted molar refractivity (Wildman–Crippen MR) is 107 cm³/mol. The Balaban J connectivity index is 1.62. The number of nitrogens with one attached hydrogen (secondary N) is 1. The summed E-state index contributed by atoms with van der Waals surface area (Å²) < 4.78 is 42.0. The van der Waals surface area contributed by atoms with E-state index in [0.717, 1.165) is 26.6 Å². The zero-order chi connectivity index (χ0) is 21.0. The topological polar surface area (TPSA) is 69.2 Å². The van der Waals surface area contributed by atoms with E-state index in [0.29, 0.717) is 23.5 Å². The average molecular weight is 488 g/mol. The summed E-state index contributed by atoms with van der Waals surface area (Å²) in [4.78, 5) is 21.3.